The highest BCUT2D eigenvalue weighted by Gasteiger charge is 2.18. The van der Waals surface area contributed by atoms with Gasteiger partial charge < -0.3 is 10.1 Å². The van der Waals surface area contributed by atoms with E-state index in [2.05, 4.69) is 27.8 Å². The first-order chi connectivity index (χ1) is 7.84. The van der Waals surface area contributed by atoms with E-state index in [-0.39, 0.29) is 6.04 Å². The van der Waals surface area contributed by atoms with E-state index < -0.39 is 0 Å². The molecule has 5 heteroatoms. The van der Waals surface area contributed by atoms with Crippen molar-refractivity contribution in [2.75, 3.05) is 19.8 Å². The average molecular weight is 237 g/mol. The van der Waals surface area contributed by atoms with Gasteiger partial charge in [0.25, 0.3) is 0 Å². The lowest BCUT2D eigenvalue weighted by atomic mass is 10.2. The molecule has 1 aliphatic heterocycles. The van der Waals surface area contributed by atoms with Crippen LogP contribution in [0.5, 0.6) is 0 Å². The van der Waals surface area contributed by atoms with E-state index in [1.54, 1.807) is 11.3 Å². The minimum atomic E-state index is 0.270. The first kappa shape index (κ1) is 10.3. The van der Waals surface area contributed by atoms with Crippen LogP contribution >= 0.6 is 11.3 Å². The van der Waals surface area contributed by atoms with Gasteiger partial charge in [-0.05, 0) is 19.9 Å². The quantitative estimate of drug-likeness (QED) is 0.821. The van der Waals surface area contributed by atoms with Gasteiger partial charge in [0.15, 0.2) is 4.96 Å². The summed E-state index contributed by atoms with van der Waals surface area (Å²) in [5.74, 6) is 0. The van der Waals surface area contributed by atoms with Crippen LogP contribution in [0.2, 0.25) is 0 Å². The maximum atomic E-state index is 5.59. The molecule has 0 bridgehead atoms. The summed E-state index contributed by atoms with van der Waals surface area (Å²) in [6.07, 6.45) is 5.19. The molecule has 2 aromatic rings. The first-order valence-corrected chi connectivity index (χ1v) is 6.41. The lowest BCUT2D eigenvalue weighted by Crippen LogP contribution is -2.24. The number of ether oxygens (including phenoxy) is 1. The average Bonchev–Trinajstić information content (AvgIpc) is 2.68. The van der Waals surface area contributed by atoms with Crippen LogP contribution in [-0.4, -0.2) is 29.1 Å². The van der Waals surface area contributed by atoms with E-state index in [9.17, 15) is 0 Å². The highest BCUT2D eigenvalue weighted by atomic mass is 32.1. The summed E-state index contributed by atoms with van der Waals surface area (Å²) in [5.41, 5.74) is 1.21. The van der Waals surface area contributed by atoms with E-state index in [4.69, 9.17) is 4.74 Å². The monoisotopic (exact) mass is 237 g/mol. The summed E-state index contributed by atoms with van der Waals surface area (Å²) in [5, 5.41) is 3.50. The summed E-state index contributed by atoms with van der Waals surface area (Å²) in [7, 11) is 0. The van der Waals surface area contributed by atoms with Crippen LogP contribution in [0.25, 0.3) is 4.96 Å². The van der Waals surface area contributed by atoms with Gasteiger partial charge in [0, 0.05) is 17.7 Å². The predicted octanol–water partition coefficient (Wildman–Crippen LogP) is 1.76. The molecule has 1 unspecified atom stereocenters. The van der Waals surface area contributed by atoms with Gasteiger partial charge >= 0.3 is 0 Å². The first-order valence-electron chi connectivity index (χ1n) is 5.59. The lowest BCUT2D eigenvalue weighted by Gasteiger charge is -2.13. The molecule has 0 aromatic carbocycles. The molecule has 1 fully saturated rings. The number of hydrogen-bond acceptors (Lipinski definition) is 4. The van der Waals surface area contributed by atoms with E-state index in [0.717, 1.165) is 31.1 Å². The van der Waals surface area contributed by atoms with Gasteiger partial charge in [0.2, 0.25) is 0 Å². The fourth-order valence-corrected chi connectivity index (χ4v) is 2.88. The summed E-state index contributed by atoms with van der Waals surface area (Å²) >= 11 is 1.73. The molecule has 0 amide bonds. The molecule has 0 radical (unpaired) electrons. The molecule has 1 atom stereocenters. The maximum absolute atomic E-state index is 5.59. The van der Waals surface area contributed by atoms with Crippen LogP contribution in [-0.2, 0) is 4.74 Å². The summed E-state index contributed by atoms with van der Waals surface area (Å²) < 4.78 is 7.76. The Kier molecular flexibility index (Phi) is 2.67. The van der Waals surface area contributed by atoms with Crippen LogP contribution in [0.15, 0.2) is 12.4 Å². The Morgan fingerprint density at radius 3 is 3.50 bits per heavy atom. The third kappa shape index (κ3) is 1.75. The molecule has 0 saturated carbocycles. The number of aromatic nitrogens is 2. The molecule has 3 rings (SSSR count). The minimum Gasteiger partial charge on any atom is -0.379 e. The van der Waals surface area contributed by atoms with Gasteiger partial charge in [0.1, 0.15) is 0 Å². The second-order valence-corrected chi connectivity index (χ2v) is 5.33. The molecule has 3 heterocycles. The smallest absolute Gasteiger partial charge is 0.194 e. The van der Waals surface area contributed by atoms with Crippen LogP contribution in [0, 0.1) is 6.92 Å². The van der Waals surface area contributed by atoms with Crippen molar-refractivity contribution in [3.05, 3.63) is 23.0 Å². The standard InChI is InChI=1S/C11H15N3OS/c1-8-6-14-10(5-13-11(14)16-8)9-7-15-4-2-3-12-9/h5-6,9,12H,2-4,7H2,1H3. The van der Waals surface area contributed by atoms with Gasteiger partial charge in [-0.2, -0.15) is 0 Å². The number of rotatable bonds is 1. The summed E-state index contributed by atoms with van der Waals surface area (Å²) in [6, 6.07) is 0.270. The van der Waals surface area contributed by atoms with Crippen molar-refractivity contribution in [2.24, 2.45) is 0 Å². The Bertz CT molecular complexity index is 482. The van der Waals surface area contributed by atoms with E-state index in [1.165, 1.54) is 10.6 Å². The van der Waals surface area contributed by atoms with Gasteiger partial charge in [0.05, 0.1) is 24.5 Å². The van der Waals surface area contributed by atoms with Crippen molar-refractivity contribution in [1.29, 1.82) is 0 Å². The Labute approximate surface area is 98.3 Å². The van der Waals surface area contributed by atoms with Gasteiger partial charge in [-0.15, -0.1) is 11.3 Å². The number of nitrogens with zero attached hydrogens (tertiary/aromatic N) is 2. The molecule has 0 aliphatic carbocycles. The second kappa shape index (κ2) is 4.16. The van der Waals surface area contributed by atoms with Crippen molar-refractivity contribution >= 4 is 16.3 Å². The number of fused-ring (bicyclic) bond motifs is 1. The fourth-order valence-electron chi connectivity index (χ4n) is 2.07. The van der Waals surface area contributed by atoms with Crippen LogP contribution < -0.4 is 5.32 Å². The summed E-state index contributed by atoms with van der Waals surface area (Å²) in [4.78, 5) is 6.79. The van der Waals surface area contributed by atoms with Crippen molar-refractivity contribution in [3.8, 4) is 0 Å². The molecule has 0 spiro atoms. The normalized spacial score (nSPS) is 22.4. The number of hydrogen-bond donors (Lipinski definition) is 1. The molecule has 2 aromatic heterocycles. The van der Waals surface area contributed by atoms with Crippen molar-refractivity contribution in [3.63, 3.8) is 0 Å². The van der Waals surface area contributed by atoms with Gasteiger partial charge in [-0.25, -0.2) is 4.98 Å². The molecular weight excluding hydrogens is 222 g/mol. The van der Waals surface area contributed by atoms with Crippen molar-refractivity contribution < 1.29 is 4.74 Å². The molecule has 1 N–H and O–H groups in total. The Balaban J connectivity index is 1.96. The van der Waals surface area contributed by atoms with Crippen LogP contribution in [0.4, 0.5) is 0 Å². The highest BCUT2D eigenvalue weighted by molar-refractivity contribution is 7.16. The maximum Gasteiger partial charge on any atom is 0.194 e. The molecule has 16 heavy (non-hydrogen) atoms. The largest absolute Gasteiger partial charge is 0.379 e. The molecule has 4 nitrogen and oxygen atoms in total. The Hall–Kier alpha value is -0.910. The zero-order chi connectivity index (χ0) is 11.0. The molecular formula is C11H15N3OS. The van der Waals surface area contributed by atoms with Crippen LogP contribution in [0.3, 0.4) is 0 Å². The molecule has 1 aliphatic rings. The lowest BCUT2D eigenvalue weighted by molar-refractivity contribution is 0.130. The minimum absolute atomic E-state index is 0.270. The predicted molar refractivity (Wildman–Crippen MR) is 64.0 cm³/mol. The van der Waals surface area contributed by atoms with Gasteiger partial charge in [-0.1, -0.05) is 0 Å². The van der Waals surface area contributed by atoms with E-state index in [0.29, 0.717) is 0 Å². The van der Waals surface area contributed by atoms with Gasteiger partial charge in [-0.3, -0.25) is 4.40 Å². The molecule has 1 saturated heterocycles. The van der Waals surface area contributed by atoms with E-state index >= 15 is 0 Å². The number of nitrogens with one attached hydrogen (secondary N) is 1. The van der Waals surface area contributed by atoms with Crippen molar-refractivity contribution in [1.82, 2.24) is 14.7 Å². The number of imidazole rings is 1. The topological polar surface area (TPSA) is 38.6 Å². The third-order valence-corrected chi connectivity index (χ3v) is 3.76. The SMILES string of the molecule is Cc1cn2c(C3COCCCN3)cnc2s1. The zero-order valence-corrected chi connectivity index (χ0v) is 10.1. The van der Waals surface area contributed by atoms with Crippen LogP contribution in [0.1, 0.15) is 23.0 Å². The Morgan fingerprint density at radius 2 is 2.56 bits per heavy atom. The summed E-state index contributed by atoms with van der Waals surface area (Å²) in [6.45, 7) is 4.72. The van der Waals surface area contributed by atoms with E-state index in [1.807, 2.05) is 6.20 Å². The molecule has 86 valence electrons. The Morgan fingerprint density at radius 1 is 1.62 bits per heavy atom. The third-order valence-electron chi connectivity index (χ3n) is 2.85. The van der Waals surface area contributed by atoms with Crippen molar-refractivity contribution in [2.45, 2.75) is 19.4 Å². The highest BCUT2D eigenvalue weighted by Crippen LogP contribution is 2.22. The number of aryl methyl sites for hydroxylation is 1. The number of thiazole rings is 1. The zero-order valence-electron chi connectivity index (χ0n) is 9.27. The fraction of sp³-hybridized carbons (Fsp3) is 0.545. The second-order valence-electron chi connectivity index (χ2n) is 4.11.